The van der Waals surface area contributed by atoms with Crippen LogP contribution in [0.3, 0.4) is 0 Å². The Kier molecular flexibility index (Phi) is 5.65. The molecule has 7 heteroatoms. The predicted octanol–water partition coefficient (Wildman–Crippen LogP) is 6.20. The van der Waals surface area contributed by atoms with E-state index < -0.39 is 17.7 Å². The molecule has 0 unspecified atom stereocenters. The number of hydrogen-bond donors (Lipinski definition) is 0. The van der Waals surface area contributed by atoms with Crippen molar-refractivity contribution in [2.24, 2.45) is 0 Å². The van der Waals surface area contributed by atoms with Crippen molar-refractivity contribution in [2.45, 2.75) is 36.7 Å². The van der Waals surface area contributed by atoms with Crippen LogP contribution in [0.1, 0.15) is 34.0 Å². The molecule has 0 atom stereocenters. The Morgan fingerprint density at radius 3 is 2.57 bits per heavy atom. The zero-order valence-electron chi connectivity index (χ0n) is 15.6. The normalized spacial score (nSPS) is 11.6. The molecule has 0 aliphatic heterocycles. The number of benzene rings is 2. The van der Waals surface area contributed by atoms with E-state index in [-0.39, 0.29) is 23.1 Å². The first-order valence-corrected chi connectivity index (χ1v) is 9.45. The lowest BCUT2D eigenvalue weighted by molar-refractivity contribution is -0.136. The van der Waals surface area contributed by atoms with Gasteiger partial charge in [0.1, 0.15) is 0 Å². The van der Waals surface area contributed by atoms with E-state index in [4.69, 9.17) is 4.74 Å². The number of aromatic nitrogens is 1. The van der Waals surface area contributed by atoms with Crippen molar-refractivity contribution in [3.05, 3.63) is 64.8 Å². The smallest absolute Gasteiger partial charge is 0.418 e. The molecule has 0 fully saturated rings. The molecule has 1 aromatic heterocycles. The first kappa shape index (κ1) is 20.2. The molecule has 0 N–H and O–H groups in total. The Labute approximate surface area is 164 Å². The number of carbonyl (C=O) groups excluding carboxylic acids is 1. The zero-order chi connectivity index (χ0) is 20.5. The molecule has 0 aliphatic carbocycles. The molecule has 1 heterocycles. The quantitative estimate of drug-likeness (QED) is 0.485. The van der Waals surface area contributed by atoms with Crippen LogP contribution in [0.4, 0.5) is 13.2 Å². The number of aryl methyl sites for hydroxylation is 2. The van der Waals surface area contributed by atoms with Gasteiger partial charge in [0.25, 0.3) is 0 Å². The molecular weight excluding hydrogens is 387 g/mol. The van der Waals surface area contributed by atoms with Crippen LogP contribution in [-0.4, -0.2) is 17.6 Å². The Bertz CT molecular complexity index is 1050. The van der Waals surface area contributed by atoms with Crippen molar-refractivity contribution in [2.75, 3.05) is 6.61 Å². The van der Waals surface area contributed by atoms with Crippen molar-refractivity contribution in [3.63, 3.8) is 0 Å². The number of nitrogens with zero attached hydrogens (tertiary/aromatic N) is 1. The van der Waals surface area contributed by atoms with Gasteiger partial charge in [-0.25, -0.2) is 4.79 Å². The second-order valence-electron chi connectivity index (χ2n) is 6.29. The highest BCUT2D eigenvalue weighted by atomic mass is 32.2. The largest absolute Gasteiger partial charge is 0.462 e. The molecule has 2 aromatic carbocycles. The first-order valence-electron chi connectivity index (χ1n) is 8.63. The van der Waals surface area contributed by atoms with Crippen LogP contribution in [0, 0.1) is 13.8 Å². The molecule has 3 rings (SSSR count). The maximum absolute atomic E-state index is 13.4. The summed E-state index contributed by atoms with van der Waals surface area (Å²) in [6.07, 6.45) is -3.37. The van der Waals surface area contributed by atoms with Crippen LogP contribution in [0.5, 0.6) is 0 Å². The van der Waals surface area contributed by atoms with Crippen LogP contribution in [0.25, 0.3) is 10.9 Å². The van der Waals surface area contributed by atoms with Gasteiger partial charge in [0.05, 0.1) is 23.3 Å². The summed E-state index contributed by atoms with van der Waals surface area (Å²) in [5.41, 5.74) is 1.18. The summed E-state index contributed by atoms with van der Waals surface area (Å²) in [6, 6.07) is 9.66. The highest BCUT2D eigenvalue weighted by molar-refractivity contribution is 7.99. The fourth-order valence-electron chi connectivity index (χ4n) is 2.92. The predicted molar refractivity (Wildman–Crippen MR) is 103 cm³/mol. The Hall–Kier alpha value is -2.54. The van der Waals surface area contributed by atoms with Gasteiger partial charge >= 0.3 is 12.1 Å². The number of ether oxygens (including phenoxy) is 1. The van der Waals surface area contributed by atoms with Gasteiger partial charge in [0.15, 0.2) is 0 Å². The number of rotatable bonds is 4. The van der Waals surface area contributed by atoms with Gasteiger partial charge in [-0.05, 0) is 38.5 Å². The second-order valence-corrected chi connectivity index (χ2v) is 7.34. The lowest BCUT2D eigenvalue weighted by Crippen LogP contribution is -2.10. The molecule has 146 valence electrons. The topological polar surface area (TPSA) is 39.2 Å². The minimum Gasteiger partial charge on any atom is -0.462 e. The number of fused-ring (bicyclic) bond motifs is 1. The van der Waals surface area contributed by atoms with Crippen molar-refractivity contribution in [3.8, 4) is 0 Å². The van der Waals surface area contributed by atoms with Crippen LogP contribution < -0.4 is 0 Å². The minimum absolute atomic E-state index is 0.152. The van der Waals surface area contributed by atoms with Gasteiger partial charge < -0.3 is 4.74 Å². The summed E-state index contributed by atoms with van der Waals surface area (Å²) >= 11 is 1.24. The van der Waals surface area contributed by atoms with Gasteiger partial charge in [-0.1, -0.05) is 41.6 Å². The molecule has 3 nitrogen and oxygen atoms in total. The number of halogens is 3. The standard InChI is InChI=1S/C21H18F3NO2S/c1-4-27-20(26)15-11-25-18-14(6-5-7-16(18)21(22,23)24)19(15)28-17-9-8-12(2)10-13(17)3/h5-11H,4H2,1-3H3. The molecule has 0 saturated heterocycles. The van der Waals surface area contributed by atoms with Crippen molar-refractivity contribution in [1.29, 1.82) is 0 Å². The number of pyridine rings is 1. The van der Waals surface area contributed by atoms with Crippen LogP contribution in [0.2, 0.25) is 0 Å². The van der Waals surface area contributed by atoms with Crippen molar-refractivity contribution < 1.29 is 22.7 Å². The van der Waals surface area contributed by atoms with E-state index in [1.165, 1.54) is 24.0 Å². The van der Waals surface area contributed by atoms with Crippen molar-refractivity contribution in [1.82, 2.24) is 4.98 Å². The van der Waals surface area contributed by atoms with Gasteiger partial charge in [-0.2, -0.15) is 13.2 Å². The van der Waals surface area contributed by atoms with E-state index in [0.29, 0.717) is 4.90 Å². The molecular formula is C21H18F3NO2S. The van der Waals surface area contributed by atoms with E-state index in [1.54, 1.807) is 13.0 Å². The van der Waals surface area contributed by atoms with E-state index in [0.717, 1.165) is 22.1 Å². The highest BCUT2D eigenvalue weighted by Crippen LogP contribution is 2.41. The minimum atomic E-state index is -4.54. The highest BCUT2D eigenvalue weighted by Gasteiger charge is 2.34. The van der Waals surface area contributed by atoms with Gasteiger partial charge in [0, 0.05) is 21.4 Å². The molecule has 0 saturated carbocycles. The maximum Gasteiger partial charge on any atom is 0.418 e. The number of esters is 1. The third kappa shape index (κ3) is 3.99. The van der Waals surface area contributed by atoms with Crippen molar-refractivity contribution >= 4 is 28.6 Å². The molecule has 0 spiro atoms. The molecule has 0 aliphatic rings. The van der Waals surface area contributed by atoms with Gasteiger partial charge in [-0.3, -0.25) is 4.98 Å². The third-order valence-corrected chi connectivity index (χ3v) is 5.51. The number of hydrogen-bond acceptors (Lipinski definition) is 4. The van der Waals surface area contributed by atoms with E-state index in [1.807, 2.05) is 32.0 Å². The van der Waals surface area contributed by atoms with Crippen LogP contribution in [0.15, 0.2) is 52.4 Å². The van der Waals surface area contributed by atoms with E-state index >= 15 is 0 Å². The summed E-state index contributed by atoms with van der Waals surface area (Å²) in [5, 5.41) is 0.269. The first-order chi connectivity index (χ1) is 13.2. The van der Waals surface area contributed by atoms with E-state index in [2.05, 4.69) is 4.98 Å². The number of para-hydroxylation sites is 1. The van der Waals surface area contributed by atoms with Gasteiger partial charge in [-0.15, -0.1) is 0 Å². The van der Waals surface area contributed by atoms with Gasteiger partial charge in [0.2, 0.25) is 0 Å². The lowest BCUT2D eigenvalue weighted by Gasteiger charge is -2.15. The average molecular weight is 405 g/mol. The summed E-state index contributed by atoms with van der Waals surface area (Å²) in [6.45, 7) is 5.71. The summed E-state index contributed by atoms with van der Waals surface area (Å²) < 4.78 is 45.4. The lowest BCUT2D eigenvalue weighted by atomic mass is 10.1. The maximum atomic E-state index is 13.4. The fraction of sp³-hybridized carbons (Fsp3) is 0.238. The van der Waals surface area contributed by atoms with E-state index in [9.17, 15) is 18.0 Å². The molecule has 0 bridgehead atoms. The summed E-state index contributed by atoms with van der Waals surface area (Å²) in [4.78, 5) is 17.6. The second kappa shape index (κ2) is 7.83. The SMILES string of the molecule is CCOC(=O)c1cnc2c(C(F)(F)F)cccc2c1Sc1ccc(C)cc1C. The average Bonchev–Trinajstić information content (AvgIpc) is 2.63. The Balaban J connectivity index is 2.26. The van der Waals surface area contributed by atoms with Crippen LogP contribution in [-0.2, 0) is 10.9 Å². The molecule has 0 amide bonds. The Morgan fingerprint density at radius 2 is 1.93 bits per heavy atom. The number of carbonyl (C=O) groups is 1. The third-order valence-electron chi connectivity index (χ3n) is 4.19. The molecule has 28 heavy (non-hydrogen) atoms. The van der Waals surface area contributed by atoms with Crippen LogP contribution >= 0.6 is 11.8 Å². The molecule has 3 aromatic rings. The summed E-state index contributed by atoms with van der Waals surface area (Å²) in [5.74, 6) is -0.610. The fourth-order valence-corrected chi connectivity index (χ4v) is 4.01. The molecule has 0 radical (unpaired) electrons. The monoisotopic (exact) mass is 405 g/mol. The zero-order valence-corrected chi connectivity index (χ0v) is 16.4. The number of alkyl halides is 3. The Morgan fingerprint density at radius 1 is 1.18 bits per heavy atom. The summed E-state index contributed by atoms with van der Waals surface area (Å²) in [7, 11) is 0.